The Kier molecular flexibility index (Phi) is 2.74. The first-order chi connectivity index (χ1) is 7.72. The number of hydrogen-bond donors (Lipinski definition) is 3. The molecule has 84 valence electrons. The van der Waals surface area contributed by atoms with Crippen molar-refractivity contribution in [1.82, 2.24) is 5.10 Å². The van der Waals surface area contributed by atoms with Crippen LogP contribution in [0.3, 0.4) is 0 Å². The number of nitrogen functional groups attached to an aromatic ring is 1. The van der Waals surface area contributed by atoms with Gasteiger partial charge in [-0.05, 0) is 12.1 Å². The van der Waals surface area contributed by atoms with Gasteiger partial charge in [-0.2, -0.15) is 0 Å². The van der Waals surface area contributed by atoms with Crippen molar-refractivity contribution in [2.45, 2.75) is 0 Å². The van der Waals surface area contributed by atoms with Gasteiger partial charge in [-0.25, -0.2) is 0 Å². The Labute approximate surface area is 91.9 Å². The van der Waals surface area contributed by atoms with Crippen molar-refractivity contribution in [2.24, 2.45) is 0 Å². The summed E-state index contributed by atoms with van der Waals surface area (Å²) < 4.78 is 0. The number of benzene rings is 1. The van der Waals surface area contributed by atoms with E-state index in [1.165, 1.54) is 12.4 Å². The van der Waals surface area contributed by atoms with Gasteiger partial charge in [-0.1, -0.05) is 4.85 Å². The molecule has 0 aliphatic rings. The zero-order valence-electron chi connectivity index (χ0n) is 8.55. The van der Waals surface area contributed by atoms with E-state index in [2.05, 4.69) is 10.4 Å². The molecule has 1 aromatic carbocycles. The fraction of sp³-hybridized carbons (Fsp3) is 0.200. The average Bonchev–Trinajstić information content (AvgIpc) is 2.29. The molecule has 6 nitrogen and oxygen atoms in total. The minimum absolute atomic E-state index is 0.0354. The molecule has 4 N–H and O–H groups in total. The van der Waals surface area contributed by atoms with E-state index >= 15 is 0 Å². The zero-order chi connectivity index (χ0) is 11.5. The van der Waals surface area contributed by atoms with Crippen molar-refractivity contribution in [2.75, 3.05) is 24.2 Å². The van der Waals surface area contributed by atoms with E-state index in [-0.39, 0.29) is 6.61 Å². The molecule has 1 heterocycles. The Hall–Kier alpha value is -2.08. The second-order valence-electron chi connectivity index (χ2n) is 3.36. The van der Waals surface area contributed by atoms with Gasteiger partial charge >= 0.3 is 0 Å². The third-order valence-corrected chi connectivity index (χ3v) is 2.29. The van der Waals surface area contributed by atoms with E-state index in [9.17, 15) is 5.21 Å². The van der Waals surface area contributed by atoms with E-state index in [1.807, 2.05) is 0 Å². The fourth-order valence-corrected chi connectivity index (χ4v) is 1.54. The van der Waals surface area contributed by atoms with E-state index in [4.69, 9.17) is 10.8 Å². The normalized spacial score (nSPS) is 10.6. The van der Waals surface area contributed by atoms with Gasteiger partial charge in [0.05, 0.1) is 12.0 Å². The van der Waals surface area contributed by atoms with Crippen LogP contribution in [-0.4, -0.2) is 23.4 Å². The monoisotopic (exact) mass is 220 g/mol. The zero-order valence-corrected chi connectivity index (χ0v) is 8.55. The summed E-state index contributed by atoms with van der Waals surface area (Å²) in [4.78, 5) is 0.467. The summed E-state index contributed by atoms with van der Waals surface area (Å²) in [6.07, 6.45) is 2.78. The van der Waals surface area contributed by atoms with E-state index in [1.54, 1.807) is 12.1 Å². The number of hydrogen-bond acceptors (Lipinski definition) is 5. The highest BCUT2D eigenvalue weighted by molar-refractivity contribution is 5.99. The van der Waals surface area contributed by atoms with Gasteiger partial charge < -0.3 is 21.4 Å². The molecule has 16 heavy (non-hydrogen) atoms. The lowest BCUT2D eigenvalue weighted by atomic mass is 10.1. The SMILES string of the molecule is Nc1ccc(NCCO)c2cn[n+]([O-])cc12. The molecule has 0 aliphatic carbocycles. The van der Waals surface area contributed by atoms with Crippen molar-refractivity contribution < 1.29 is 9.95 Å². The first-order valence-corrected chi connectivity index (χ1v) is 4.85. The Morgan fingerprint density at radius 2 is 2.25 bits per heavy atom. The van der Waals surface area contributed by atoms with Crippen LogP contribution >= 0.6 is 0 Å². The minimum Gasteiger partial charge on any atom is -0.594 e. The van der Waals surface area contributed by atoms with Gasteiger partial charge in [-0.15, -0.1) is 0 Å². The molecule has 0 saturated heterocycles. The van der Waals surface area contributed by atoms with Crippen molar-refractivity contribution in [3.63, 3.8) is 0 Å². The summed E-state index contributed by atoms with van der Waals surface area (Å²) in [6.45, 7) is 0.471. The molecule has 0 unspecified atom stereocenters. The molecule has 0 aliphatic heterocycles. The van der Waals surface area contributed by atoms with Crippen LogP contribution in [0.5, 0.6) is 0 Å². The fourth-order valence-electron chi connectivity index (χ4n) is 1.54. The van der Waals surface area contributed by atoms with Gasteiger partial charge in [0, 0.05) is 28.4 Å². The van der Waals surface area contributed by atoms with Crippen molar-refractivity contribution in [3.8, 4) is 0 Å². The van der Waals surface area contributed by atoms with Crippen LogP contribution in [0.1, 0.15) is 0 Å². The largest absolute Gasteiger partial charge is 0.594 e. The molecular weight excluding hydrogens is 208 g/mol. The third kappa shape index (κ3) is 1.82. The topological polar surface area (TPSA) is 98.1 Å². The molecule has 2 aromatic rings. The summed E-state index contributed by atoms with van der Waals surface area (Å²) in [6, 6.07) is 3.51. The lowest BCUT2D eigenvalue weighted by molar-refractivity contribution is -0.667. The maximum atomic E-state index is 11.1. The molecule has 0 atom stereocenters. The smallest absolute Gasteiger partial charge is 0.219 e. The number of aliphatic hydroxyl groups is 1. The molecule has 0 spiro atoms. The van der Waals surface area contributed by atoms with E-state index in [0.29, 0.717) is 22.5 Å². The molecule has 0 bridgehead atoms. The number of nitrogens with two attached hydrogens (primary N) is 1. The van der Waals surface area contributed by atoms with Crippen LogP contribution in [0.2, 0.25) is 0 Å². The Balaban J connectivity index is 2.55. The molecule has 0 fully saturated rings. The number of aromatic nitrogens is 2. The highest BCUT2D eigenvalue weighted by atomic mass is 16.5. The molecule has 2 rings (SSSR count). The lowest BCUT2D eigenvalue weighted by Crippen LogP contribution is -2.29. The van der Waals surface area contributed by atoms with Crippen molar-refractivity contribution >= 4 is 22.1 Å². The standard InChI is InChI=1S/C10H12N4O2/c11-9-1-2-10(12-3-4-15)7-5-13-14(16)6-8(7)9/h1-2,5-6,12,15H,3-4,11H2. The molecule has 6 heteroatoms. The number of nitrogens with one attached hydrogen (secondary N) is 1. The summed E-state index contributed by atoms with van der Waals surface area (Å²) in [5.74, 6) is 0. The van der Waals surface area contributed by atoms with E-state index < -0.39 is 0 Å². The second-order valence-corrected chi connectivity index (χ2v) is 3.36. The minimum atomic E-state index is 0.0354. The van der Waals surface area contributed by atoms with Gasteiger partial charge in [0.1, 0.15) is 6.20 Å². The van der Waals surface area contributed by atoms with Crippen LogP contribution in [0.15, 0.2) is 24.5 Å². The maximum Gasteiger partial charge on any atom is 0.219 e. The molecule has 0 saturated carbocycles. The second kappa shape index (κ2) is 4.19. The van der Waals surface area contributed by atoms with Gasteiger partial charge in [0.2, 0.25) is 6.20 Å². The summed E-state index contributed by atoms with van der Waals surface area (Å²) in [7, 11) is 0. The van der Waals surface area contributed by atoms with Crippen LogP contribution in [0, 0.1) is 5.21 Å². The molecule has 0 radical (unpaired) electrons. The molecule has 0 amide bonds. The van der Waals surface area contributed by atoms with Crippen LogP contribution in [0.25, 0.3) is 10.8 Å². The van der Waals surface area contributed by atoms with Gasteiger partial charge in [0.15, 0.2) is 0 Å². The van der Waals surface area contributed by atoms with Crippen molar-refractivity contribution in [1.29, 1.82) is 0 Å². The predicted molar refractivity (Wildman–Crippen MR) is 60.7 cm³/mol. The number of aliphatic hydroxyl groups excluding tert-OH is 1. The Morgan fingerprint density at radius 1 is 1.44 bits per heavy atom. The van der Waals surface area contributed by atoms with E-state index in [0.717, 1.165) is 11.1 Å². The van der Waals surface area contributed by atoms with Crippen LogP contribution in [-0.2, 0) is 0 Å². The quantitative estimate of drug-likeness (QED) is 0.380. The maximum absolute atomic E-state index is 11.1. The number of nitrogens with zero attached hydrogens (tertiary/aromatic N) is 2. The lowest BCUT2D eigenvalue weighted by Gasteiger charge is -2.08. The first kappa shape index (κ1) is 10.4. The summed E-state index contributed by atoms with van der Waals surface area (Å²) in [5, 5.41) is 27.9. The first-order valence-electron chi connectivity index (χ1n) is 4.85. The Bertz CT molecular complexity index is 515. The van der Waals surface area contributed by atoms with Crippen LogP contribution < -0.4 is 15.9 Å². The summed E-state index contributed by atoms with van der Waals surface area (Å²) >= 11 is 0. The summed E-state index contributed by atoms with van der Waals surface area (Å²) in [5.41, 5.74) is 7.09. The predicted octanol–water partition coefficient (Wildman–Crippen LogP) is -0.145. The highest BCUT2D eigenvalue weighted by Crippen LogP contribution is 2.26. The third-order valence-electron chi connectivity index (χ3n) is 2.29. The van der Waals surface area contributed by atoms with Crippen LogP contribution in [0.4, 0.5) is 11.4 Å². The van der Waals surface area contributed by atoms with Gasteiger partial charge in [-0.3, -0.25) is 0 Å². The van der Waals surface area contributed by atoms with Gasteiger partial charge in [0.25, 0.3) is 0 Å². The molecular formula is C10H12N4O2. The highest BCUT2D eigenvalue weighted by Gasteiger charge is 2.07. The number of rotatable bonds is 3. The average molecular weight is 220 g/mol. The number of fused-ring (bicyclic) bond motifs is 1. The number of anilines is 2. The Morgan fingerprint density at radius 3 is 3.00 bits per heavy atom. The van der Waals surface area contributed by atoms with Crippen molar-refractivity contribution in [3.05, 3.63) is 29.7 Å². The molecule has 1 aromatic heterocycles.